The normalized spacial score (nSPS) is 12.3. The molecule has 0 aliphatic heterocycles. The lowest BCUT2D eigenvalue weighted by Gasteiger charge is -2.09. The van der Waals surface area contributed by atoms with Crippen molar-refractivity contribution in [3.05, 3.63) is 34.3 Å². The average Bonchev–Trinajstić information content (AvgIpc) is 2.14. The minimum absolute atomic E-state index is 0.190. The number of hydrogen-bond donors (Lipinski definition) is 2. The minimum atomic E-state index is -0.540. The Kier molecular flexibility index (Phi) is 4.12. The van der Waals surface area contributed by atoms with Crippen molar-refractivity contribution in [3.8, 4) is 0 Å². The molecule has 0 aliphatic carbocycles. The molecule has 0 saturated heterocycles. The van der Waals surface area contributed by atoms with E-state index < -0.39 is 6.10 Å². The highest BCUT2D eigenvalue weighted by molar-refractivity contribution is 6.30. The molecule has 0 aromatic heterocycles. The van der Waals surface area contributed by atoms with Crippen LogP contribution in [0.25, 0.3) is 0 Å². The summed E-state index contributed by atoms with van der Waals surface area (Å²) in [6.45, 7) is 3.69. The number of aliphatic hydroxyl groups excluding tert-OH is 1. The van der Waals surface area contributed by atoms with Crippen LogP contribution in [-0.4, -0.2) is 23.7 Å². The van der Waals surface area contributed by atoms with Crippen LogP contribution in [0.4, 0.5) is 0 Å². The van der Waals surface area contributed by atoms with Crippen LogP contribution >= 0.6 is 11.6 Å². The van der Waals surface area contributed by atoms with E-state index in [4.69, 9.17) is 16.7 Å². The van der Waals surface area contributed by atoms with Crippen molar-refractivity contribution in [2.75, 3.05) is 6.54 Å². The third-order valence-corrected chi connectivity index (χ3v) is 2.23. The fourth-order valence-electron chi connectivity index (χ4n) is 1.22. The fraction of sp³-hybridized carbons (Fsp3) is 0.364. The van der Waals surface area contributed by atoms with Gasteiger partial charge < -0.3 is 10.4 Å². The van der Waals surface area contributed by atoms with Gasteiger partial charge in [-0.05, 0) is 37.6 Å². The lowest BCUT2D eigenvalue weighted by Crippen LogP contribution is -2.30. The minimum Gasteiger partial charge on any atom is -0.392 e. The number of hydrogen-bond acceptors (Lipinski definition) is 2. The first kappa shape index (κ1) is 12.0. The van der Waals surface area contributed by atoms with Gasteiger partial charge in [0, 0.05) is 17.1 Å². The van der Waals surface area contributed by atoms with Crippen molar-refractivity contribution in [3.63, 3.8) is 0 Å². The fourth-order valence-corrected chi connectivity index (χ4v) is 1.44. The lowest BCUT2D eigenvalue weighted by atomic mass is 10.1. The number of rotatable bonds is 3. The maximum absolute atomic E-state index is 11.6. The van der Waals surface area contributed by atoms with Crippen LogP contribution in [-0.2, 0) is 0 Å². The number of nitrogens with one attached hydrogen (secondary N) is 1. The highest BCUT2D eigenvalue weighted by Gasteiger charge is 2.09. The summed E-state index contributed by atoms with van der Waals surface area (Å²) in [7, 11) is 0. The second kappa shape index (κ2) is 5.14. The SMILES string of the molecule is Cc1cc(Cl)ccc1C(=O)NC[C@H](C)O. The molecular formula is C11H14ClNO2. The molecule has 0 aliphatic rings. The van der Waals surface area contributed by atoms with E-state index in [9.17, 15) is 4.79 Å². The molecule has 2 N–H and O–H groups in total. The van der Waals surface area contributed by atoms with Crippen LogP contribution in [0.1, 0.15) is 22.8 Å². The Morgan fingerprint density at radius 1 is 1.60 bits per heavy atom. The Labute approximate surface area is 94.1 Å². The monoisotopic (exact) mass is 227 g/mol. The van der Waals surface area contributed by atoms with Crippen LogP contribution in [0, 0.1) is 6.92 Å². The molecule has 82 valence electrons. The molecule has 3 nitrogen and oxygen atoms in total. The van der Waals surface area contributed by atoms with Crippen molar-refractivity contribution in [2.24, 2.45) is 0 Å². The third kappa shape index (κ3) is 3.53. The Hall–Kier alpha value is -1.06. The standard InChI is InChI=1S/C11H14ClNO2/c1-7-5-9(12)3-4-10(7)11(15)13-6-8(2)14/h3-5,8,14H,6H2,1-2H3,(H,13,15)/t8-/m0/s1. The third-order valence-electron chi connectivity index (χ3n) is 1.99. The summed E-state index contributed by atoms with van der Waals surface area (Å²) in [6.07, 6.45) is -0.540. The predicted molar refractivity (Wildman–Crippen MR) is 60.2 cm³/mol. The van der Waals surface area contributed by atoms with Crippen LogP contribution in [0.5, 0.6) is 0 Å². The van der Waals surface area contributed by atoms with Gasteiger partial charge >= 0.3 is 0 Å². The van der Waals surface area contributed by atoms with E-state index in [0.717, 1.165) is 5.56 Å². The lowest BCUT2D eigenvalue weighted by molar-refractivity contribution is 0.0923. The van der Waals surface area contributed by atoms with Gasteiger partial charge in [0.1, 0.15) is 0 Å². The molecule has 0 fully saturated rings. The van der Waals surface area contributed by atoms with E-state index in [1.165, 1.54) is 0 Å². The van der Waals surface area contributed by atoms with Crippen molar-refractivity contribution in [1.82, 2.24) is 5.32 Å². The van der Waals surface area contributed by atoms with Gasteiger partial charge in [-0.1, -0.05) is 11.6 Å². The van der Waals surface area contributed by atoms with Gasteiger partial charge in [-0.25, -0.2) is 0 Å². The molecule has 0 spiro atoms. The number of benzene rings is 1. The number of amides is 1. The van der Waals surface area contributed by atoms with Crippen molar-refractivity contribution < 1.29 is 9.90 Å². The van der Waals surface area contributed by atoms with Gasteiger partial charge in [-0.2, -0.15) is 0 Å². The highest BCUT2D eigenvalue weighted by Crippen LogP contribution is 2.14. The van der Waals surface area contributed by atoms with Gasteiger partial charge in [-0.3, -0.25) is 4.79 Å². The van der Waals surface area contributed by atoms with E-state index in [0.29, 0.717) is 10.6 Å². The maximum atomic E-state index is 11.6. The van der Waals surface area contributed by atoms with Crippen LogP contribution in [0.3, 0.4) is 0 Å². The van der Waals surface area contributed by atoms with E-state index in [2.05, 4.69) is 5.32 Å². The van der Waals surface area contributed by atoms with Gasteiger partial charge in [0.25, 0.3) is 5.91 Å². The Bertz CT molecular complexity index is 364. The first-order valence-corrected chi connectivity index (χ1v) is 5.11. The van der Waals surface area contributed by atoms with Crippen LogP contribution < -0.4 is 5.32 Å². The second-order valence-corrected chi connectivity index (χ2v) is 3.95. The van der Waals surface area contributed by atoms with E-state index in [1.807, 2.05) is 6.92 Å². The quantitative estimate of drug-likeness (QED) is 0.827. The van der Waals surface area contributed by atoms with Gasteiger partial charge in [0.15, 0.2) is 0 Å². The molecule has 4 heteroatoms. The predicted octanol–water partition coefficient (Wildman–Crippen LogP) is 1.76. The average molecular weight is 228 g/mol. The number of carbonyl (C=O) groups is 1. The summed E-state index contributed by atoms with van der Waals surface area (Å²) in [5, 5.41) is 12.3. The van der Waals surface area contributed by atoms with Gasteiger partial charge in [0.2, 0.25) is 0 Å². The van der Waals surface area contributed by atoms with Crippen LogP contribution in [0.15, 0.2) is 18.2 Å². The van der Waals surface area contributed by atoms with Gasteiger partial charge in [0.05, 0.1) is 6.10 Å². The summed E-state index contributed by atoms with van der Waals surface area (Å²) < 4.78 is 0. The number of aryl methyl sites for hydroxylation is 1. The molecule has 1 rings (SSSR count). The summed E-state index contributed by atoms with van der Waals surface area (Å²) in [6, 6.07) is 5.08. The number of carbonyl (C=O) groups excluding carboxylic acids is 1. The molecule has 1 aromatic carbocycles. The molecule has 0 saturated carbocycles. The second-order valence-electron chi connectivity index (χ2n) is 3.52. The zero-order valence-corrected chi connectivity index (χ0v) is 9.51. The molecule has 1 atom stereocenters. The maximum Gasteiger partial charge on any atom is 0.251 e. The highest BCUT2D eigenvalue weighted by atomic mass is 35.5. The molecule has 0 unspecified atom stereocenters. The van der Waals surface area contributed by atoms with Crippen LogP contribution in [0.2, 0.25) is 5.02 Å². The van der Waals surface area contributed by atoms with E-state index in [1.54, 1.807) is 25.1 Å². The molecular weight excluding hydrogens is 214 g/mol. The van der Waals surface area contributed by atoms with Gasteiger partial charge in [-0.15, -0.1) is 0 Å². The van der Waals surface area contributed by atoms with E-state index >= 15 is 0 Å². The zero-order valence-electron chi connectivity index (χ0n) is 8.75. The molecule has 15 heavy (non-hydrogen) atoms. The Balaban J connectivity index is 2.74. The summed E-state index contributed by atoms with van der Waals surface area (Å²) in [5.74, 6) is -0.190. The smallest absolute Gasteiger partial charge is 0.251 e. The largest absolute Gasteiger partial charge is 0.392 e. The van der Waals surface area contributed by atoms with E-state index in [-0.39, 0.29) is 12.5 Å². The summed E-state index contributed by atoms with van der Waals surface area (Å²) in [4.78, 5) is 11.6. The topological polar surface area (TPSA) is 49.3 Å². The summed E-state index contributed by atoms with van der Waals surface area (Å²) >= 11 is 5.78. The van der Waals surface area contributed by atoms with Crippen molar-refractivity contribution in [2.45, 2.75) is 20.0 Å². The van der Waals surface area contributed by atoms with Crippen molar-refractivity contribution >= 4 is 17.5 Å². The molecule has 0 bridgehead atoms. The molecule has 1 aromatic rings. The number of halogens is 1. The summed E-state index contributed by atoms with van der Waals surface area (Å²) in [5.41, 5.74) is 1.41. The first-order chi connectivity index (χ1) is 7.00. The zero-order chi connectivity index (χ0) is 11.4. The first-order valence-electron chi connectivity index (χ1n) is 4.73. The Morgan fingerprint density at radius 2 is 2.27 bits per heavy atom. The molecule has 0 heterocycles. The molecule has 0 radical (unpaired) electrons. The van der Waals surface area contributed by atoms with Crippen molar-refractivity contribution in [1.29, 1.82) is 0 Å². The number of aliphatic hydroxyl groups is 1. The molecule has 1 amide bonds. The Morgan fingerprint density at radius 3 is 2.80 bits per heavy atom.